The van der Waals surface area contributed by atoms with Gasteiger partial charge in [0, 0.05) is 55.6 Å². The van der Waals surface area contributed by atoms with Crippen LogP contribution in [0.1, 0.15) is 109 Å². The van der Waals surface area contributed by atoms with Gasteiger partial charge in [0.15, 0.2) is 0 Å². The van der Waals surface area contributed by atoms with Gasteiger partial charge in [-0.3, -0.25) is 35.7 Å². The third-order valence-corrected chi connectivity index (χ3v) is 10.1. The molecule has 302 valence electrons. The molecule has 0 spiro atoms. The van der Waals surface area contributed by atoms with Crippen LogP contribution in [-0.2, 0) is 54.6 Å². The SMILES string of the molecule is COC(=O)CCCCCCNC(=O)C(=O)c1cn2c3c(cccc13)CCC2.COC(=O)CCCCCC[N-]Cl.O=C(O)C(=O)c1cn2c3c(cccc13)CCC2. The minimum Gasteiger partial charge on any atom is -0.575 e. The predicted octanol–water partition coefficient (Wildman–Crippen LogP) is 7.50. The van der Waals surface area contributed by atoms with Gasteiger partial charge in [0.2, 0.25) is 0 Å². The number of carboxylic acids is 1. The van der Waals surface area contributed by atoms with E-state index in [1.807, 2.05) is 41.1 Å². The summed E-state index contributed by atoms with van der Waals surface area (Å²) in [6, 6.07) is 11.7. The lowest BCUT2D eigenvalue weighted by molar-refractivity contribution is -0.141. The summed E-state index contributed by atoms with van der Waals surface area (Å²) in [5, 5.41) is 13.2. The van der Waals surface area contributed by atoms with Crippen molar-refractivity contribution in [2.75, 3.05) is 27.3 Å². The van der Waals surface area contributed by atoms with Crippen LogP contribution < -0.4 is 5.32 Å². The molecule has 0 atom stereocenters. The Bertz CT molecular complexity index is 2000. The number of amides is 1. The Morgan fingerprint density at radius 1 is 0.696 bits per heavy atom. The molecule has 13 nitrogen and oxygen atoms in total. The fourth-order valence-corrected chi connectivity index (χ4v) is 7.26. The van der Waals surface area contributed by atoms with Crippen molar-refractivity contribution in [3.05, 3.63) is 75.9 Å². The summed E-state index contributed by atoms with van der Waals surface area (Å²) >= 11 is 5.14. The molecule has 4 aromatic rings. The molecule has 0 saturated carbocycles. The van der Waals surface area contributed by atoms with Gasteiger partial charge in [-0.2, -0.15) is 0 Å². The number of nitrogens with one attached hydrogen (secondary N) is 1. The Morgan fingerprint density at radius 3 is 1.66 bits per heavy atom. The molecule has 14 heteroatoms. The van der Waals surface area contributed by atoms with Crippen LogP contribution >= 0.6 is 11.8 Å². The van der Waals surface area contributed by atoms with Crippen LogP contribution in [0.2, 0.25) is 0 Å². The van der Waals surface area contributed by atoms with E-state index in [-0.39, 0.29) is 11.9 Å². The van der Waals surface area contributed by atoms with E-state index in [1.54, 1.807) is 6.20 Å². The number of aromatic nitrogens is 2. The molecule has 0 aliphatic carbocycles. The number of ether oxygens (including phenoxy) is 2. The highest BCUT2D eigenvalue weighted by Gasteiger charge is 2.25. The number of carbonyl (C=O) groups is 6. The number of rotatable bonds is 18. The number of carboxylic acid groups (broad SMARTS) is 1. The highest BCUT2D eigenvalue weighted by molar-refractivity contribution is 6.45. The lowest BCUT2D eigenvalue weighted by Gasteiger charge is -2.14. The zero-order valence-corrected chi connectivity index (χ0v) is 33.0. The van der Waals surface area contributed by atoms with Crippen molar-refractivity contribution in [1.29, 1.82) is 0 Å². The molecule has 2 aliphatic rings. The van der Waals surface area contributed by atoms with E-state index >= 15 is 0 Å². The molecular weight excluding hydrogens is 740 g/mol. The molecule has 1 amide bonds. The zero-order valence-electron chi connectivity index (χ0n) is 32.3. The number of hydrogen-bond donors (Lipinski definition) is 2. The standard InChI is InChI=1S/C21H26N2O4.C13H11NO3.C8H15ClNO2/c1-27-18(24)11-4-2-3-5-12-22-21(26)20(25)17-14-23-13-7-9-15-8-6-10-16(17)19(15)23;15-12(13(16)17)10-7-14-6-2-4-8-3-1-5-9(10)11(8)14;1-12-8(11)6-4-2-3-5-7-10-9/h6,8,10,14H,2-5,7,9,11-13H2,1H3,(H,22,26);1,3,5,7H,2,4,6H2,(H,16,17);2-7H2,1H3/q;;-1. The summed E-state index contributed by atoms with van der Waals surface area (Å²) < 4.78 is 13.2. The lowest BCUT2D eigenvalue weighted by atomic mass is 10.0. The molecule has 0 unspecified atom stereocenters. The number of hydrogen-bond acceptors (Lipinski definition) is 8. The molecule has 6 rings (SSSR count). The van der Waals surface area contributed by atoms with Crippen LogP contribution in [0.5, 0.6) is 0 Å². The van der Waals surface area contributed by atoms with E-state index < -0.39 is 23.4 Å². The van der Waals surface area contributed by atoms with Crippen molar-refractivity contribution in [1.82, 2.24) is 14.5 Å². The fourth-order valence-electron chi connectivity index (χ4n) is 7.14. The molecule has 0 bridgehead atoms. The smallest absolute Gasteiger partial charge is 0.377 e. The van der Waals surface area contributed by atoms with Crippen LogP contribution in [0.25, 0.3) is 26.6 Å². The largest absolute Gasteiger partial charge is 0.575 e. The van der Waals surface area contributed by atoms with Crippen LogP contribution in [0.15, 0.2) is 48.8 Å². The van der Waals surface area contributed by atoms with Crippen molar-refractivity contribution in [2.24, 2.45) is 0 Å². The van der Waals surface area contributed by atoms with Gasteiger partial charge in [-0.1, -0.05) is 68.5 Å². The minimum atomic E-state index is -1.39. The zero-order chi connectivity index (χ0) is 40.5. The summed E-state index contributed by atoms with van der Waals surface area (Å²) in [4.78, 5) is 72.4. The number of methoxy groups -OCH3 is 2. The van der Waals surface area contributed by atoms with Gasteiger partial charge in [-0.15, -0.1) is 6.54 Å². The Labute approximate surface area is 332 Å². The summed E-state index contributed by atoms with van der Waals surface area (Å²) in [5.74, 6) is -3.56. The van der Waals surface area contributed by atoms with Crippen LogP contribution in [0.4, 0.5) is 0 Å². The van der Waals surface area contributed by atoms with Crippen molar-refractivity contribution in [2.45, 2.75) is 103 Å². The lowest BCUT2D eigenvalue weighted by Crippen LogP contribution is -2.31. The fraction of sp³-hybridized carbons (Fsp3) is 0.476. The molecule has 4 heterocycles. The average Bonchev–Trinajstić information content (AvgIpc) is 3.79. The normalized spacial score (nSPS) is 12.5. The highest BCUT2D eigenvalue weighted by atomic mass is 35.5. The van der Waals surface area contributed by atoms with Crippen LogP contribution in [0.3, 0.4) is 0 Å². The van der Waals surface area contributed by atoms with Crippen molar-refractivity contribution >= 4 is 69.0 Å². The first-order valence-electron chi connectivity index (χ1n) is 19.3. The van der Waals surface area contributed by atoms with Gasteiger partial charge < -0.3 is 33.9 Å². The average molecular weight is 792 g/mol. The molecule has 56 heavy (non-hydrogen) atoms. The van der Waals surface area contributed by atoms with Crippen molar-refractivity contribution in [3.8, 4) is 0 Å². The summed E-state index contributed by atoms with van der Waals surface area (Å²) in [6.07, 6.45) is 15.9. The Kier molecular flexibility index (Phi) is 17.6. The number of unbranched alkanes of at least 4 members (excludes halogenated alkanes) is 6. The Balaban J connectivity index is 0.000000205. The number of para-hydroxylation sites is 2. The van der Waals surface area contributed by atoms with E-state index in [4.69, 9.17) is 16.9 Å². The van der Waals surface area contributed by atoms with Crippen LogP contribution in [-0.4, -0.2) is 76.9 Å². The maximum Gasteiger partial charge on any atom is 0.377 e. The molecule has 2 aromatic carbocycles. The maximum atomic E-state index is 12.6. The van der Waals surface area contributed by atoms with E-state index in [1.165, 1.54) is 25.3 Å². The Morgan fingerprint density at radius 2 is 1.18 bits per heavy atom. The quantitative estimate of drug-likeness (QED) is 0.0447. The number of aliphatic carboxylic acids is 1. The molecule has 0 radical (unpaired) electrons. The van der Waals surface area contributed by atoms with Gasteiger partial charge in [0.1, 0.15) is 0 Å². The topological polar surface area (TPSA) is 177 Å². The van der Waals surface area contributed by atoms with E-state index in [0.29, 0.717) is 37.1 Å². The molecule has 2 aromatic heterocycles. The predicted molar refractivity (Wildman–Crippen MR) is 214 cm³/mol. The number of Topliss-reactive ketones (excluding diaryl/α,β-unsaturated/α-hetero) is 2. The number of benzene rings is 2. The highest BCUT2D eigenvalue weighted by Crippen LogP contribution is 2.31. The van der Waals surface area contributed by atoms with Gasteiger partial charge in [0.05, 0.1) is 36.4 Å². The minimum absolute atomic E-state index is 0.128. The third kappa shape index (κ3) is 12.0. The van der Waals surface area contributed by atoms with Gasteiger partial charge in [-0.05, 0) is 56.1 Å². The summed E-state index contributed by atoms with van der Waals surface area (Å²) in [6.45, 7) is 2.90. The Hall–Kier alpha value is -5.01. The van der Waals surface area contributed by atoms with Gasteiger partial charge in [0.25, 0.3) is 17.5 Å². The first-order chi connectivity index (χ1) is 27.1. The number of ketones is 2. The molecule has 0 saturated heterocycles. The third-order valence-electron chi connectivity index (χ3n) is 9.97. The van der Waals surface area contributed by atoms with E-state index in [9.17, 15) is 28.8 Å². The molecule has 2 N–H and O–H groups in total. The molecule has 0 fully saturated rings. The number of carbonyl (C=O) groups excluding carboxylic acids is 5. The van der Waals surface area contributed by atoms with Crippen LogP contribution in [0, 0.1) is 0 Å². The van der Waals surface area contributed by atoms with E-state index in [0.717, 1.165) is 112 Å². The second kappa shape index (κ2) is 22.5. The number of nitrogens with zero attached hydrogens (tertiary/aromatic N) is 3. The summed E-state index contributed by atoms with van der Waals surface area (Å²) in [7, 11) is 2.80. The van der Waals surface area contributed by atoms with E-state index in [2.05, 4.69) is 30.3 Å². The molecule has 2 aliphatic heterocycles. The first-order valence-corrected chi connectivity index (χ1v) is 19.7. The second-order valence-electron chi connectivity index (χ2n) is 13.8. The van der Waals surface area contributed by atoms with Crippen molar-refractivity contribution in [3.63, 3.8) is 0 Å². The van der Waals surface area contributed by atoms with Gasteiger partial charge in [-0.25, -0.2) is 4.79 Å². The number of halogens is 1. The number of aryl methyl sites for hydroxylation is 4. The monoisotopic (exact) mass is 791 g/mol. The van der Waals surface area contributed by atoms with Crippen molar-refractivity contribution < 1.29 is 43.3 Å². The maximum absolute atomic E-state index is 12.6. The molecular formula is C42H52ClN4O9-. The number of esters is 2. The second-order valence-corrected chi connectivity index (χ2v) is 14.1. The summed E-state index contributed by atoms with van der Waals surface area (Å²) in [5.41, 5.74) is 5.33. The first kappa shape index (κ1) is 43.7. The van der Waals surface area contributed by atoms with Gasteiger partial charge >= 0.3 is 17.9 Å².